The first kappa shape index (κ1) is 11.0. The van der Waals surface area contributed by atoms with E-state index in [1.54, 1.807) is 0 Å². The topological polar surface area (TPSA) is 0 Å². The molecule has 0 aliphatic carbocycles. The van der Waals surface area contributed by atoms with E-state index in [4.69, 9.17) is 0 Å². The van der Waals surface area contributed by atoms with E-state index in [1.165, 1.54) is 38.5 Å². The third kappa shape index (κ3) is 9.96. The number of hydrogen-bond acceptors (Lipinski definition) is 0. The van der Waals surface area contributed by atoms with Crippen molar-refractivity contribution in [3.63, 3.8) is 0 Å². The van der Waals surface area contributed by atoms with Crippen LogP contribution in [0.5, 0.6) is 0 Å². The van der Waals surface area contributed by atoms with Gasteiger partial charge in [0, 0.05) is 0 Å². The molecule has 11 heavy (non-hydrogen) atoms. The van der Waals surface area contributed by atoms with E-state index < -0.39 is 0 Å². The second kappa shape index (κ2) is 9.96. The van der Waals surface area contributed by atoms with Crippen LogP contribution in [0.2, 0.25) is 0 Å². The van der Waals surface area contributed by atoms with Crippen LogP contribution >= 0.6 is 10.9 Å². The second-order valence-electron chi connectivity index (χ2n) is 2.75. The SMILES string of the molecule is CCCCC=S=CCCCC. The highest BCUT2D eigenvalue weighted by Gasteiger charge is 1.76. The van der Waals surface area contributed by atoms with Gasteiger partial charge in [0.15, 0.2) is 0 Å². The molecule has 0 aromatic carbocycles. The zero-order valence-electron chi connectivity index (χ0n) is 7.81. The van der Waals surface area contributed by atoms with E-state index in [2.05, 4.69) is 24.6 Å². The minimum atomic E-state index is 1.27. The van der Waals surface area contributed by atoms with Crippen LogP contribution in [0.4, 0.5) is 0 Å². The zero-order chi connectivity index (χ0) is 8.36. The average Bonchev–Trinajstić information content (AvgIpc) is 2.03. The van der Waals surface area contributed by atoms with Gasteiger partial charge in [0.25, 0.3) is 0 Å². The standard InChI is InChI=1S/C10H20S/c1-3-5-7-9-11-10-8-6-4-2/h9-10H,3-8H2,1-2H3. The lowest BCUT2D eigenvalue weighted by Gasteiger charge is -1.85. The molecule has 0 bridgehead atoms. The van der Waals surface area contributed by atoms with Crippen molar-refractivity contribution in [3.8, 4) is 0 Å². The van der Waals surface area contributed by atoms with Crippen molar-refractivity contribution in [2.45, 2.75) is 52.4 Å². The quantitative estimate of drug-likeness (QED) is 0.423. The molecule has 0 unspecified atom stereocenters. The summed E-state index contributed by atoms with van der Waals surface area (Å²) < 4.78 is 0. The summed E-state index contributed by atoms with van der Waals surface area (Å²) in [6, 6.07) is 0. The van der Waals surface area contributed by atoms with Gasteiger partial charge in [-0.25, -0.2) is 0 Å². The maximum atomic E-state index is 2.32. The van der Waals surface area contributed by atoms with Crippen molar-refractivity contribution in [2.24, 2.45) is 0 Å². The molecule has 0 fully saturated rings. The monoisotopic (exact) mass is 172 g/mol. The molecule has 0 aliphatic heterocycles. The third-order valence-corrected chi connectivity index (χ3v) is 2.40. The average molecular weight is 172 g/mol. The van der Waals surface area contributed by atoms with Crippen molar-refractivity contribution < 1.29 is 0 Å². The lowest BCUT2D eigenvalue weighted by atomic mass is 10.3. The first-order valence-corrected chi connectivity index (χ1v) is 5.64. The van der Waals surface area contributed by atoms with E-state index in [0.717, 1.165) is 0 Å². The van der Waals surface area contributed by atoms with Gasteiger partial charge in [-0.2, -0.15) is 10.9 Å². The third-order valence-electron chi connectivity index (χ3n) is 1.54. The van der Waals surface area contributed by atoms with Crippen LogP contribution in [0.15, 0.2) is 0 Å². The molecular weight excluding hydrogens is 152 g/mol. The van der Waals surface area contributed by atoms with Gasteiger partial charge in [-0.15, -0.1) is 0 Å². The van der Waals surface area contributed by atoms with Crippen LogP contribution < -0.4 is 0 Å². The molecule has 0 nitrogen and oxygen atoms in total. The summed E-state index contributed by atoms with van der Waals surface area (Å²) in [6.45, 7) is 4.47. The Hall–Kier alpha value is -0.0400. The summed E-state index contributed by atoms with van der Waals surface area (Å²) in [5.74, 6) is 0. The predicted molar refractivity (Wildman–Crippen MR) is 58.8 cm³/mol. The molecule has 0 aliphatic rings. The summed E-state index contributed by atoms with van der Waals surface area (Å²) in [4.78, 5) is 0. The van der Waals surface area contributed by atoms with E-state index in [9.17, 15) is 0 Å². The largest absolute Gasteiger partial charge is 0.161 e. The van der Waals surface area contributed by atoms with Crippen LogP contribution in [-0.2, 0) is 0 Å². The molecule has 0 heterocycles. The minimum absolute atomic E-state index is 1.27. The summed E-state index contributed by atoms with van der Waals surface area (Å²) in [5, 5.41) is 4.64. The molecular formula is C10H20S. The highest BCUT2D eigenvalue weighted by Crippen LogP contribution is 1.92. The van der Waals surface area contributed by atoms with Crippen LogP contribution in [0.3, 0.4) is 0 Å². The van der Waals surface area contributed by atoms with Crippen LogP contribution in [0, 0.1) is 0 Å². The van der Waals surface area contributed by atoms with E-state index in [1.807, 2.05) is 10.9 Å². The molecule has 0 rings (SSSR count). The van der Waals surface area contributed by atoms with Crippen molar-refractivity contribution in [1.82, 2.24) is 0 Å². The van der Waals surface area contributed by atoms with Gasteiger partial charge < -0.3 is 0 Å². The molecule has 0 atom stereocenters. The molecule has 66 valence electrons. The Morgan fingerprint density at radius 2 is 1.36 bits per heavy atom. The van der Waals surface area contributed by atoms with Crippen molar-refractivity contribution >= 4 is 21.7 Å². The molecule has 0 saturated heterocycles. The van der Waals surface area contributed by atoms with E-state index >= 15 is 0 Å². The number of hydrogen-bond donors (Lipinski definition) is 0. The van der Waals surface area contributed by atoms with E-state index in [-0.39, 0.29) is 0 Å². The highest BCUT2D eigenvalue weighted by molar-refractivity contribution is 7.95. The smallest absolute Gasteiger partial charge is 0.0254 e. The highest BCUT2D eigenvalue weighted by atomic mass is 32.1. The Kier molecular flexibility index (Phi) is 9.92. The van der Waals surface area contributed by atoms with Gasteiger partial charge in [0.2, 0.25) is 0 Å². The van der Waals surface area contributed by atoms with Crippen LogP contribution in [0.25, 0.3) is 0 Å². The summed E-state index contributed by atoms with van der Waals surface area (Å²) >= 11 is 0. The minimum Gasteiger partial charge on any atom is -0.161 e. The predicted octanol–water partition coefficient (Wildman–Crippen LogP) is 3.70. The number of rotatable bonds is 6. The maximum Gasteiger partial charge on any atom is -0.0254 e. The Labute approximate surface area is 74.6 Å². The first-order chi connectivity index (χ1) is 5.41. The first-order valence-electron chi connectivity index (χ1n) is 4.70. The summed E-state index contributed by atoms with van der Waals surface area (Å²) in [7, 11) is 1.88. The fourth-order valence-electron chi connectivity index (χ4n) is 0.779. The van der Waals surface area contributed by atoms with Crippen LogP contribution in [0.1, 0.15) is 52.4 Å². The van der Waals surface area contributed by atoms with Gasteiger partial charge in [0.05, 0.1) is 0 Å². The second-order valence-corrected chi connectivity index (χ2v) is 3.69. The van der Waals surface area contributed by atoms with Crippen molar-refractivity contribution in [1.29, 1.82) is 0 Å². The molecule has 0 amide bonds. The zero-order valence-corrected chi connectivity index (χ0v) is 8.62. The van der Waals surface area contributed by atoms with Gasteiger partial charge in [-0.05, 0) is 36.4 Å². The lowest BCUT2D eigenvalue weighted by Crippen LogP contribution is -1.72. The fraction of sp³-hybridized carbons (Fsp3) is 0.800. The molecule has 0 aromatic heterocycles. The Morgan fingerprint density at radius 3 is 1.73 bits per heavy atom. The maximum absolute atomic E-state index is 2.32. The molecule has 0 radical (unpaired) electrons. The van der Waals surface area contributed by atoms with Crippen molar-refractivity contribution in [2.75, 3.05) is 0 Å². The molecule has 0 N–H and O–H groups in total. The lowest BCUT2D eigenvalue weighted by molar-refractivity contribution is 0.846. The summed E-state index contributed by atoms with van der Waals surface area (Å²) in [6.07, 6.45) is 7.84. The molecule has 0 aromatic rings. The van der Waals surface area contributed by atoms with Crippen molar-refractivity contribution in [3.05, 3.63) is 0 Å². The van der Waals surface area contributed by atoms with Gasteiger partial charge in [-0.1, -0.05) is 26.7 Å². The Morgan fingerprint density at radius 1 is 0.909 bits per heavy atom. The Balaban J connectivity index is 3.17. The molecule has 1 heteroatoms. The Bertz CT molecular complexity index is 109. The van der Waals surface area contributed by atoms with Crippen LogP contribution in [-0.4, -0.2) is 10.7 Å². The normalized spacial score (nSPS) is 9.27. The van der Waals surface area contributed by atoms with Gasteiger partial charge >= 0.3 is 0 Å². The van der Waals surface area contributed by atoms with E-state index in [0.29, 0.717) is 0 Å². The van der Waals surface area contributed by atoms with Gasteiger partial charge in [0.1, 0.15) is 0 Å². The summed E-state index contributed by atoms with van der Waals surface area (Å²) in [5.41, 5.74) is 0. The fourth-order valence-corrected chi connectivity index (χ4v) is 1.52. The number of unbranched alkanes of at least 4 members (excludes halogenated alkanes) is 4. The van der Waals surface area contributed by atoms with Gasteiger partial charge in [-0.3, -0.25) is 0 Å². The molecule has 0 saturated carbocycles. The molecule has 0 spiro atoms.